The molecule has 0 fully saturated rings. The molecule has 0 saturated carbocycles. The van der Waals surface area contributed by atoms with Gasteiger partial charge in [-0.15, -0.1) is 0 Å². The second-order valence-corrected chi connectivity index (χ2v) is 7.20. The molecule has 164 valence electrons. The molecule has 2 aromatic heterocycles. The van der Waals surface area contributed by atoms with Crippen LogP contribution >= 0.6 is 0 Å². The van der Waals surface area contributed by atoms with Gasteiger partial charge in [-0.3, -0.25) is 4.79 Å². The molecule has 2 aromatic carbocycles. The highest BCUT2D eigenvalue weighted by atomic mass is 16.5. The number of hydrogen-bond donors (Lipinski definition) is 3. The highest BCUT2D eigenvalue weighted by molar-refractivity contribution is 5.89. The maximum absolute atomic E-state index is 11.1. The number of aromatic nitrogens is 3. The van der Waals surface area contributed by atoms with E-state index in [0.717, 1.165) is 22.4 Å². The van der Waals surface area contributed by atoms with E-state index in [0.29, 0.717) is 42.7 Å². The zero-order chi connectivity index (χ0) is 22.3. The van der Waals surface area contributed by atoms with E-state index in [1.54, 1.807) is 7.11 Å². The summed E-state index contributed by atoms with van der Waals surface area (Å²) in [5.74, 6) is 2.70. The predicted molar refractivity (Wildman–Crippen MR) is 124 cm³/mol. The molecule has 8 nitrogen and oxygen atoms in total. The minimum absolute atomic E-state index is 0.0665. The van der Waals surface area contributed by atoms with Crippen LogP contribution in [0.1, 0.15) is 12.6 Å². The summed E-state index contributed by atoms with van der Waals surface area (Å²) in [4.78, 5) is 23.9. The zero-order valence-corrected chi connectivity index (χ0v) is 18.0. The molecular weight excluding hydrogens is 406 g/mol. The van der Waals surface area contributed by atoms with Crippen molar-refractivity contribution in [1.82, 2.24) is 20.3 Å². The number of anilines is 1. The fourth-order valence-electron chi connectivity index (χ4n) is 3.26. The Labute approximate surface area is 186 Å². The predicted octanol–water partition coefficient (Wildman–Crippen LogP) is 3.76. The van der Waals surface area contributed by atoms with Crippen molar-refractivity contribution >= 4 is 22.8 Å². The number of aromatic amines is 1. The van der Waals surface area contributed by atoms with Gasteiger partial charge < -0.3 is 25.1 Å². The molecule has 0 aliphatic heterocycles. The van der Waals surface area contributed by atoms with E-state index in [1.165, 1.54) is 6.92 Å². The lowest BCUT2D eigenvalue weighted by Gasteiger charge is -2.09. The van der Waals surface area contributed by atoms with Gasteiger partial charge in [0.15, 0.2) is 5.82 Å². The smallest absolute Gasteiger partial charge is 0.216 e. The monoisotopic (exact) mass is 431 g/mol. The lowest BCUT2D eigenvalue weighted by molar-refractivity contribution is -0.118. The van der Waals surface area contributed by atoms with Gasteiger partial charge in [0.05, 0.1) is 18.2 Å². The van der Waals surface area contributed by atoms with Gasteiger partial charge in [-0.2, -0.15) is 0 Å². The quantitative estimate of drug-likeness (QED) is 0.349. The van der Waals surface area contributed by atoms with Crippen LogP contribution in [0.3, 0.4) is 0 Å². The van der Waals surface area contributed by atoms with E-state index in [9.17, 15) is 4.79 Å². The van der Waals surface area contributed by atoms with E-state index in [-0.39, 0.29) is 5.91 Å². The average molecular weight is 431 g/mol. The Bertz CT molecular complexity index is 1210. The Kier molecular flexibility index (Phi) is 6.50. The van der Waals surface area contributed by atoms with E-state index in [2.05, 4.69) is 15.6 Å². The molecule has 0 aliphatic carbocycles. The minimum atomic E-state index is -0.0665. The Morgan fingerprint density at radius 1 is 1.00 bits per heavy atom. The summed E-state index contributed by atoms with van der Waals surface area (Å²) < 4.78 is 11.2. The van der Waals surface area contributed by atoms with Gasteiger partial charge in [-0.25, -0.2) is 9.97 Å². The lowest BCUT2D eigenvalue weighted by Crippen LogP contribution is -2.26. The molecule has 3 N–H and O–H groups in total. The van der Waals surface area contributed by atoms with Gasteiger partial charge in [0, 0.05) is 31.6 Å². The number of nitrogens with zero attached hydrogens (tertiary/aromatic N) is 2. The fourth-order valence-corrected chi connectivity index (χ4v) is 3.26. The minimum Gasteiger partial charge on any atom is -0.497 e. The van der Waals surface area contributed by atoms with Gasteiger partial charge in [0.25, 0.3) is 0 Å². The molecule has 4 aromatic rings. The van der Waals surface area contributed by atoms with Gasteiger partial charge in [-0.1, -0.05) is 36.4 Å². The first kappa shape index (κ1) is 21.2. The molecule has 0 spiro atoms. The van der Waals surface area contributed by atoms with Crippen LogP contribution in [0.15, 0.2) is 60.7 Å². The molecular formula is C24H25N5O3. The van der Waals surface area contributed by atoms with Crippen molar-refractivity contribution in [2.75, 3.05) is 25.5 Å². The summed E-state index contributed by atoms with van der Waals surface area (Å²) in [6, 6.07) is 19.3. The van der Waals surface area contributed by atoms with Crippen LogP contribution in [0.2, 0.25) is 0 Å². The molecule has 8 heteroatoms. The maximum Gasteiger partial charge on any atom is 0.216 e. The number of nitrogens with one attached hydrogen (secondary N) is 3. The third-order valence-corrected chi connectivity index (χ3v) is 4.80. The summed E-state index contributed by atoms with van der Waals surface area (Å²) in [6.07, 6.45) is 0. The number of methoxy groups -OCH3 is 1. The van der Waals surface area contributed by atoms with Crippen molar-refractivity contribution in [3.8, 4) is 22.9 Å². The molecule has 1 amide bonds. The number of benzene rings is 2. The number of carbonyl (C=O) groups excluding carboxylic acids is 1. The Hall–Kier alpha value is -4.07. The first-order valence-electron chi connectivity index (χ1n) is 10.3. The number of ether oxygens (including phenoxy) is 2. The molecule has 4 rings (SSSR count). The Morgan fingerprint density at radius 3 is 2.59 bits per heavy atom. The lowest BCUT2D eigenvalue weighted by atomic mass is 10.2. The summed E-state index contributed by atoms with van der Waals surface area (Å²) in [5.41, 5.74) is 2.50. The molecule has 0 atom stereocenters. The van der Waals surface area contributed by atoms with Crippen LogP contribution in [0.25, 0.3) is 22.4 Å². The number of hydrogen-bond acceptors (Lipinski definition) is 6. The molecule has 0 radical (unpaired) electrons. The third kappa shape index (κ3) is 5.15. The summed E-state index contributed by atoms with van der Waals surface area (Å²) >= 11 is 0. The standard InChI is InChI=1S/C24H25N5O3/c1-16(30)25-11-12-26-23-21-13-18(15-32-20-10-6-9-19(14-20)31-2)27-24(21)29-22(28-23)17-7-4-3-5-8-17/h3-10,13-14H,11-12,15H2,1-2H3,(H,25,30)(H2,26,27,28,29). The molecule has 0 aliphatic rings. The van der Waals surface area contributed by atoms with Crippen LogP contribution < -0.4 is 20.1 Å². The number of H-pyrrole nitrogens is 1. The van der Waals surface area contributed by atoms with Gasteiger partial charge in [-0.05, 0) is 18.2 Å². The largest absolute Gasteiger partial charge is 0.497 e. The van der Waals surface area contributed by atoms with E-state index < -0.39 is 0 Å². The Morgan fingerprint density at radius 2 is 1.81 bits per heavy atom. The van der Waals surface area contributed by atoms with Crippen LogP contribution in [-0.2, 0) is 11.4 Å². The van der Waals surface area contributed by atoms with Crippen LogP contribution in [0.5, 0.6) is 11.5 Å². The first-order valence-corrected chi connectivity index (χ1v) is 10.3. The van der Waals surface area contributed by atoms with Crippen molar-refractivity contribution < 1.29 is 14.3 Å². The zero-order valence-electron chi connectivity index (χ0n) is 18.0. The second kappa shape index (κ2) is 9.82. The number of amides is 1. The van der Waals surface area contributed by atoms with Crippen LogP contribution in [0.4, 0.5) is 5.82 Å². The van der Waals surface area contributed by atoms with Gasteiger partial charge in [0.1, 0.15) is 29.6 Å². The van der Waals surface area contributed by atoms with Crippen molar-refractivity contribution in [3.05, 3.63) is 66.4 Å². The summed E-state index contributed by atoms with van der Waals surface area (Å²) in [7, 11) is 1.63. The van der Waals surface area contributed by atoms with Crippen LogP contribution in [-0.4, -0.2) is 41.1 Å². The molecule has 32 heavy (non-hydrogen) atoms. The second-order valence-electron chi connectivity index (χ2n) is 7.20. The van der Waals surface area contributed by atoms with Gasteiger partial charge >= 0.3 is 0 Å². The van der Waals surface area contributed by atoms with Crippen molar-refractivity contribution in [1.29, 1.82) is 0 Å². The van der Waals surface area contributed by atoms with E-state index >= 15 is 0 Å². The fraction of sp³-hybridized carbons (Fsp3) is 0.208. The third-order valence-electron chi connectivity index (χ3n) is 4.80. The number of rotatable bonds is 9. The topological polar surface area (TPSA) is 101 Å². The molecule has 0 bridgehead atoms. The highest BCUT2D eigenvalue weighted by Gasteiger charge is 2.13. The number of fused-ring (bicyclic) bond motifs is 1. The van der Waals surface area contributed by atoms with E-state index in [1.807, 2.05) is 60.7 Å². The van der Waals surface area contributed by atoms with Gasteiger partial charge in [0.2, 0.25) is 5.91 Å². The van der Waals surface area contributed by atoms with Crippen molar-refractivity contribution in [2.45, 2.75) is 13.5 Å². The summed E-state index contributed by atoms with van der Waals surface area (Å²) in [5, 5.41) is 6.95. The molecule has 0 unspecified atom stereocenters. The Balaban J connectivity index is 1.59. The molecule has 0 saturated heterocycles. The average Bonchev–Trinajstić information content (AvgIpc) is 3.24. The van der Waals surface area contributed by atoms with Crippen molar-refractivity contribution in [3.63, 3.8) is 0 Å². The number of carbonyl (C=O) groups is 1. The maximum atomic E-state index is 11.1. The van der Waals surface area contributed by atoms with Crippen LogP contribution in [0, 0.1) is 0 Å². The first-order chi connectivity index (χ1) is 15.6. The van der Waals surface area contributed by atoms with E-state index in [4.69, 9.17) is 19.4 Å². The molecule has 2 heterocycles. The summed E-state index contributed by atoms with van der Waals surface area (Å²) in [6.45, 7) is 2.88. The highest BCUT2D eigenvalue weighted by Crippen LogP contribution is 2.26. The SMILES string of the molecule is COc1cccc(OCc2cc3c(NCCNC(C)=O)nc(-c4ccccc4)nc3[nH]2)c1. The van der Waals surface area contributed by atoms with Crippen molar-refractivity contribution in [2.24, 2.45) is 0 Å². The normalized spacial score (nSPS) is 10.7.